The molecule has 154 valence electrons. The molecule has 3 heterocycles. The molecule has 2 fully saturated rings. The lowest BCUT2D eigenvalue weighted by molar-refractivity contribution is -0.130. The maximum Gasteiger partial charge on any atom is 0.324 e. The number of hydrogen-bond donors (Lipinski definition) is 3. The molecule has 1 aromatic heterocycles. The average molecular weight is 398 g/mol. The summed E-state index contributed by atoms with van der Waals surface area (Å²) >= 11 is 0. The Morgan fingerprint density at radius 3 is 2.83 bits per heavy atom. The zero-order chi connectivity index (χ0) is 20.2. The molecule has 8 heteroatoms. The van der Waals surface area contributed by atoms with Gasteiger partial charge in [0.1, 0.15) is 6.04 Å². The van der Waals surface area contributed by atoms with Crippen LogP contribution in [0.15, 0.2) is 30.5 Å². The first-order valence-electron chi connectivity index (χ1n) is 10.1. The zero-order valence-electron chi connectivity index (χ0n) is 16.3. The van der Waals surface area contributed by atoms with Crippen LogP contribution in [0.5, 0.6) is 0 Å². The van der Waals surface area contributed by atoms with E-state index < -0.39 is 12.1 Å². The second kappa shape index (κ2) is 8.65. The van der Waals surface area contributed by atoms with Gasteiger partial charge in [0.2, 0.25) is 5.91 Å². The summed E-state index contributed by atoms with van der Waals surface area (Å²) < 4.78 is 5.31. The van der Waals surface area contributed by atoms with E-state index in [2.05, 4.69) is 15.6 Å². The molecule has 8 nitrogen and oxygen atoms in total. The van der Waals surface area contributed by atoms with Gasteiger partial charge in [0.15, 0.2) is 0 Å². The zero-order valence-corrected chi connectivity index (χ0v) is 16.3. The highest BCUT2D eigenvalue weighted by Gasteiger charge is 2.38. The van der Waals surface area contributed by atoms with Gasteiger partial charge in [-0.15, -0.1) is 0 Å². The average Bonchev–Trinajstić information content (AvgIpc) is 3.26. The van der Waals surface area contributed by atoms with E-state index >= 15 is 0 Å². The van der Waals surface area contributed by atoms with Gasteiger partial charge < -0.3 is 20.4 Å². The number of nitrogens with one attached hydrogen (secondary N) is 3. The van der Waals surface area contributed by atoms with Gasteiger partial charge in [-0.2, -0.15) is 0 Å². The molecule has 1 aromatic carbocycles. The summed E-state index contributed by atoms with van der Waals surface area (Å²) in [6.07, 6.45) is 4.30. The summed E-state index contributed by atoms with van der Waals surface area (Å²) in [6.45, 7) is 2.32. The van der Waals surface area contributed by atoms with Crippen molar-refractivity contribution in [2.75, 3.05) is 26.3 Å². The van der Waals surface area contributed by atoms with Gasteiger partial charge in [0.05, 0.1) is 6.42 Å². The number of carbonyl (C=O) groups excluding carboxylic acids is 3. The number of para-hydroxylation sites is 1. The summed E-state index contributed by atoms with van der Waals surface area (Å²) in [5.74, 6) is -0.140. The van der Waals surface area contributed by atoms with Crippen LogP contribution < -0.4 is 10.6 Å². The molecule has 2 aromatic rings. The molecule has 0 aliphatic carbocycles. The van der Waals surface area contributed by atoms with E-state index in [9.17, 15) is 14.4 Å². The first-order valence-corrected chi connectivity index (χ1v) is 10.1. The number of amides is 4. The fourth-order valence-electron chi connectivity index (χ4n) is 3.96. The Morgan fingerprint density at radius 1 is 1.21 bits per heavy atom. The Kier molecular flexibility index (Phi) is 5.80. The molecule has 1 unspecified atom stereocenters. The summed E-state index contributed by atoms with van der Waals surface area (Å²) in [5.41, 5.74) is 2.08. The van der Waals surface area contributed by atoms with Gasteiger partial charge in [-0.1, -0.05) is 18.2 Å². The molecule has 0 bridgehead atoms. The Balaban J connectivity index is 1.28. The summed E-state index contributed by atoms with van der Waals surface area (Å²) in [4.78, 5) is 41.5. The van der Waals surface area contributed by atoms with Crippen LogP contribution in [0.1, 0.15) is 24.8 Å². The molecule has 1 atom stereocenters. The molecular weight excluding hydrogens is 372 g/mol. The Labute approximate surface area is 169 Å². The number of aromatic nitrogens is 1. The van der Waals surface area contributed by atoms with E-state index in [-0.39, 0.29) is 24.8 Å². The van der Waals surface area contributed by atoms with E-state index in [0.717, 1.165) is 42.5 Å². The van der Waals surface area contributed by atoms with Crippen LogP contribution in [0.2, 0.25) is 0 Å². The van der Waals surface area contributed by atoms with Crippen molar-refractivity contribution in [3.63, 3.8) is 0 Å². The van der Waals surface area contributed by atoms with Crippen molar-refractivity contribution >= 4 is 28.7 Å². The molecule has 0 saturated carbocycles. The molecule has 0 radical (unpaired) electrons. The third kappa shape index (κ3) is 4.42. The number of ether oxygens (including phenoxy) is 1. The van der Waals surface area contributed by atoms with Gasteiger partial charge in [-0.25, -0.2) is 4.79 Å². The topological polar surface area (TPSA) is 104 Å². The van der Waals surface area contributed by atoms with Crippen LogP contribution >= 0.6 is 0 Å². The molecule has 2 aliphatic heterocycles. The minimum absolute atomic E-state index is 0.0304. The predicted octanol–water partition coefficient (Wildman–Crippen LogP) is 1.56. The quantitative estimate of drug-likeness (QED) is 0.616. The smallest absolute Gasteiger partial charge is 0.324 e. The largest absolute Gasteiger partial charge is 0.381 e. The molecular formula is C21H26N4O4. The van der Waals surface area contributed by atoms with Crippen molar-refractivity contribution in [1.29, 1.82) is 0 Å². The van der Waals surface area contributed by atoms with Crippen molar-refractivity contribution in [1.82, 2.24) is 20.5 Å². The highest BCUT2D eigenvalue weighted by atomic mass is 16.5. The normalized spacial score (nSPS) is 20.3. The second-order valence-electron chi connectivity index (χ2n) is 7.67. The van der Waals surface area contributed by atoms with Gasteiger partial charge in [0, 0.05) is 43.4 Å². The summed E-state index contributed by atoms with van der Waals surface area (Å²) in [7, 11) is 0. The first kappa shape index (κ1) is 19.4. The van der Waals surface area contributed by atoms with Crippen LogP contribution in [-0.2, 0) is 20.7 Å². The molecule has 29 heavy (non-hydrogen) atoms. The lowest BCUT2D eigenvalue weighted by Gasteiger charge is -2.22. The number of imide groups is 1. The molecule has 3 N–H and O–H groups in total. The standard InChI is InChI=1S/C21H26N4O4/c26-19(23-12-14-6-9-29-10-7-14)11-18-20(27)25(21(28)24-18)8-5-15-13-22-17-4-2-1-3-16(15)17/h1-4,13-14,18,22H,5-12H2,(H,23,26)(H,24,28). The SMILES string of the molecule is O=C(CC1NC(=O)N(CCc2c[nH]c3ccccc23)C1=O)NCC1CCOCC1. The third-order valence-corrected chi connectivity index (χ3v) is 5.70. The minimum atomic E-state index is -0.792. The van der Waals surface area contributed by atoms with Crippen molar-refractivity contribution < 1.29 is 19.1 Å². The van der Waals surface area contributed by atoms with Crippen molar-refractivity contribution in [2.24, 2.45) is 5.92 Å². The molecule has 2 saturated heterocycles. The van der Waals surface area contributed by atoms with Gasteiger partial charge in [-0.3, -0.25) is 14.5 Å². The van der Waals surface area contributed by atoms with Gasteiger partial charge >= 0.3 is 6.03 Å². The number of nitrogens with zero attached hydrogens (tertiary/aromatic N) is 1. The van der Waals surface area contributed by atoms with E-state index in [1.54, 1.807) is 0 Å². The van der Waals surface area contributed by atoms with Crippen LogP contribution in [0.3, 0.4) is 0 Å². The van der Waals surface area contributed by atoms with E-state index in [4.69, 9.17) is 4.74 Å². The number of carbonyl (C=O) groups is 3. The monoisotopic (exact) mass is 398 g/mol. The van der Waals surface area contributed by atoms with Crippen LogP contribution in [0.4, 0.5) is 4.79 Å². The second-order valence-corrected chi connectivity index (χ2v) is 7.67. The fraction of sp³-hybridized carbons (Fsp3) is 0.476. The highest BCUT2D eigenvalue weighted by Crippen LogP contribution is 2.19. The molecule has 4 rings (SSSR count). The van der Waals surface area contributed by atoms with E-state index in [0.29, 0.717) is 18.9 Å². The maximum absolute atomic E-state index is 12.6. The highest BCUT2D eigenvalue weighted by molar-refractivity contribution is 6.05. The van der Waals surface area contributed by atoms with Crippen molar-refractivity contribution in [2.45, 2.75) is 31.7 Å². The summed E-state index contributed by atoms with van der Waals surface area (Å²) in [6, 6.07) is 6.69. The maximum atomic E-state index is 12.6. The van der Waals surface area contributed by atoms with Crippen LogP contribution in [-0.4, -0.2) is 60.1 Å². The van der Waals surface area contributed by atoms with E-state index in [1.165, 1.54) is 4.90 Å². The Bertz CT molecular complexity index is 903. The van der Waals surface area contributed by atoms with Gasteiger partial charge in [0.25, 0.3) is 5.91 Å². The molecule has 2 aliphatic rings. The first-order chi connectivity index (χ1) is 14.1. The fourth-order valence-corrected chi connectivity index (χ4v) is 3.96. The molecule has 0 spiro atoms. The number of rotatable bonds is 7. The van der Waals surface area contributed by atoms with Crippen molar-refractivity contribution in [3.8, 4) is 0 Å². The predicted molar refractivity (Wildman–Crippen MR) is 107 cm³/mol. The number of aromatic amines is 1. The minimum Gasteiger partial charge on any atom is -0.381 e. The van der Waals surface area contributed by atoms with Crippen molar-refractivity contribution in [3.05, 3.63) is 36.0 Å². The molecule has 4 amide bonds. The van der Waals surface area contributed by atoms with E-state index in [1.807, 2.05) is 30.5 Å². The lowest BCUT2D eigenvalue weighted by Crippen LogP contribution is -2.39. The Hall–Kier alpha value is -2.87. The summed E-state index contributed by atoms with van der Waals surface area (Å²) in [5, 5.41) is 6.61. The lowest BCUT2D eigenvalue weighted by atomic mass is 10.0. The van der Waals surface area contributed by atoms with Crippen LogP contribution in [0, 0.1) is 5.92 Å². The number of benzene rings is 1. The van der Waals surface area contributed by atoms with Crippen LogP contribution in [0.25, 0.3) is 10.9 Å². The number of fused-ring (bicyclic) bond motifs is 1. The number of H-pyrrole nitrogens is 1. The number of hydrogen-bond acceptors (Lipinski definition) is 4. The Morgan fingerprint density at radius 2 is 2.00 bits per heavy atom. The number of urea groups is 1. The van der Waals surface area contributed by atoms with Gasteiger partial charge in [-0.05, 0) is 36.8 Å². The third-order valence-electron chi connectivity index (χ3n) is 5.70.